The monoisotopic (exact) mass is 353 g/mol. The van der Waals surface area contributed by atoms with Gasteiger partial charge in [-0.05, 0) is 39.3 Å². The van der Waals surface area contributed by atoms with Crippen molar-refractivity contribution in [3.8, 4) is 5.75 Å². The molecule has 3 nitrogen and oxygen atoms in total. The van der Waals surface area contributed by atoms with Crippen LogP contribution in [0.5, 0.6) is 5.75 Å². The zero-order chi connectivity index (χ0) is 17.6. The molecular weight excluding hydrogens is 334 g/mol. The molecule has 0 aliphatic heterocycles. The van der Waals surface area contributed by atoms with Crippen LogP contribution in [0.3, 0.4) is 0 Å². The summed E-state index contributed by atoms with van der Waals surface area (Å²) in [5, 5.41) is 0. The summed E-state index contributed by atoms with van der Waals surface area (Å²) in [6.45, 7) is 2.12. The van der Waals surface area contributed by atoms with Crippen LogP contribution in [0.25, 0.3) is 0 Å². The topological polar surface area (TPSA) is 38.7 Å². The lowest BCUT2D eigenvalue weighted by atomic mass is 10.1. The number of hydrogen-bond acceptors (Lipinski definition) is 2. The van der Waals surface area contributed by atoms with Gasteiger partial charge in [-0.25, -0.2) is 13.0 Å². The lowest BCUT2D eigenvalue weighted by Crippen LogP contribution is -2.21. The van der Waals surface area contributed by atoms with Crippen molar-refractivity contribution >= 4 is 16.7 Å². The molecule has 0 amide bonds. The summed E-state index contributed by atoms with van der Waals surface area (Å²) in [5.41, 5.74) is 0.514. The summed E-state index contributed by atoms with van der Waals surface area (Å²) < 4.78 is 69.3. The Kier molecular flexibility index (Phi) is 7.18. The van der Waals surface area contributed by atoms with E-state index in [-0.39, 0.29) is 17.9 Å². The number of benzene rings is 1. The van der Waals surface area contributed by atoms with Gasteiger partial charge in [0.1, 0.15) is 16.7 Å². The second kappa shape index (κ2) is 8.42. The lowest BCUT2D eigenvalue weighted by molar-refractivity contribution is -0.0498. The summed E-state index contributed by atoms with van der Waals surface area (Å²) >= 11 is 0. The maximum absolute atomic E-state index is 12.5. The van der Waals surface area contributed by atoms with E-state index < -0.39 is 35.2 Å². The molecule has 0 radical (unpaired) electrons. The van der Waals surface area contributed by atoms with Gasteiger partial charge in [-0.2, -0.15) is 13.2 Å². The third-order valence-corrected chi connectivity index (χ3v) is 4.14. The zero-order valence-electron chi connectivity index (χ0n) is 13.1. The van der Waals surface area contributed by atoms with Crippen molar-refractivity contribution in [1.29, 1.82) is 0 Å². The minimum absolute atomic E-state index is 0.108. The maximum atomic E-state index is 12.5. The first-order valence-electron chi connectivity index (χ1n) is 6.92. The van der Waals surface area contributed by atoms with Crippen LogP contribution < -0.4 is 4.74 Å². The SMILES string of the molecule is CC(C)(C)[S@@](=O)/N=C(\CCC(F)F)c1cccc(OC(F)F)c1. The van der Waals surface area contributed by atoms with E-state index in [0.29, 0.717) is 5.56 Å². The average molecular weight is 353 g/mol. The summed E-state index contributed by atoms with van der Waals surface area (Å²) in [7, 11) is -1.65. The van der Waals surface area contributed by atoms with Gasteiger partial charge in [0, 0.05) is 12.0 Å². The third kappa shape index (κ3) is 7.11. The van der Waals surface area contributed by atoms with Crippen LogP contribution in [-0.2, 0) is 11.0 Å². The molecule has 0 fully saturated rings. The molecule has 8 heteroatoms. The highest BCUT2D eigenvalue weighted by Crippen LogP contribution is 2.21. The number of hydrogen-bond donors (Lipinski definition) is 0. The number of alkyl halides is 4. The number of nitrogens with zero attached hydrogens (tertiary/aromatic N) is 1. The molecule has 23 heavy (non-hydrogen) atoms. The minimum Gasteiger partial charge on any atom is -0.435 e. The number of rotatable bonds is 7. The van der Waals surface area contributed by atoms with Gasteiger partial charge in [0.15, 0.2) is 0 Å². The van der Waals surface area contributed by atoms with Gasteiger partial charge in [-0.15, -0.1) is 0 Å². The number of halogens is 4. The maximum Gasteiger partial charge on any atom is 0.387 e. The van der Waals surface area contributed by atoms with Crippen LogP contribution in [0, 0.1) is 0 Å². The van der Waals surface area contributed by atoms with Crippen molar-refractivity contribution in [2.45, 2.75) is 51.4 Å². The van der Waals surface area contributed by atoms with E-state index in [1.165, 1.54) is 24.3 Å². The van der Waals surface area contributed by atoms with E-state index >= 15 is 0 Å². The van der Waals surface area contributed by atoms with Gasteiger partial charge >= 0.3 is 6.61 Å². The van der Waals surface area contributed by atoms with Gasteiger partial charge in [-0.1, -0.05) is 12.1 Å². The normalized spacial score (nSPS) is 14.4. The highest BCUT2D eigenvalue weighted by molar-refractivity contribution is 7.85. The summed E-state index contributed by atoms with van der Waals surface area (Å²) in [6, 6.07) is 5.57. The quantitative estimate of drug-likeness (QED) is 0.531. The molecule has 0 unspecified atom stereocenters. The molecule has 0 aromatic heterocycles. The molecule has 0 aliphatic carbocycles. The Morgan fingerprint density at radius 2 is 1.91 bits per heavy atom. The third-order valence-electron chi connectivity index (χ3n) is 2.71. The van der Waals surface area contributed by atoms with Crippen molar-refractivity contribution in [1.82, 2.24) is 0 Å². The summed E-state index contributed by atoms with van der Waals surface area (Å²) in [4.78, 5) is 0. The first-order valence-corrected chi connectivity index (χ1v) is 8.03. The fraction of sp³-hybridized carbons (Fsp3) is 0.533. The number of ether oxygens (including phenoxy) is 1. The summed E-state index contributed by atoms with van der Waals surface area (Å²) in [5.74, 6) is -0.108. The molecule has 0 heterocycles. The molecule has 0 N–H and O–H groups in total. The van der Waals surface area contributed by atoms with Gasteiger partial charge in [0.2, 0.25) is 6.43 Å². The molecule has 1 atom stereocenters. The van der Waals surface area contributed by atoms with E-state index in [0.717, 1.165) is 0 Å². The van der Waals surface area contributed by atoms with Crippen LogP contribution >= 0.6 is 0 Å². The Hall–Kier alpha value is -1.44. The Bertz CT molecular complexity index is 571. The van der Waals surface area contributed by atoms with E-state index in [1.807, 2.05) is 0 Å². The first kappa shape index (κ1) is 19.6. The molecule has 0 spiro atoms. The largest absolute Gasteiger partial charge is 0.435 e. The van der Waals surface area contributed by atoms with Crippen molar-refractivity contribution < 1.29 is 26.5 Å². The highest BCUT2D eigenvalue weighted by Gasteiger charge is 2.21. The fourth-order valence-corrected chi connectivity index (χ4v) is 2.25. The Balaban J connectivity index is 3.13. The lowest BCUT2D eigenvalue weighted by Gasteiger charge is -2.16. The molecule has 0 bridgehead atoms. The molecule has 1 rings (SSSR count). The van der Waals surface area contributed by atoms with E-state index in [1.54, 1.807) is 20.8 Å². The smallest absolute Gasteiger partial charge is 0.387 e. The first-order chi connectivity index (χ1) is 10.6. The average Bonchev–Trinajstić information content (AvgIpc) is 2.41. The second-order valence-electron chi connectivity index (χ2n) is 5.74. The highest BCUT2D eigenvalue weighted by atomic mass is 32.2. The van der Waals surface area contributed by atoms with Crippen molar-refractivity contribution in [3.63, 3.8) is 0 Å². The van der Waals surface area contributed by atoms with E-state index in [2.05, 4.69) is 9.13 Å². The Morgan fingerprint density at radius 1 is 1.26 bits per heavy atom. The molecule has 0 saturated heterocycles. The fourth-order valence-electron chi connectivity index (χ4n) is 1.58. The van der Waals surface area contributed by atoms with Gasteiger partial charge in [0.05, 0.1) is 10.5 Å². The molecule has 1 aromatic carbocycles. The predicted octanol–water partition coefficient (Wildman–Crippen LogP) is 4.58. The van der Waals surface area contributed by atoms with Crippen LogP contribution in [0.1, 0.15) is 39.2 Å². The van der Waals surface area contributed by atoms with Crippen LogP contribution in [0.2, 0.25) is 0 Å². The standard InChI is InChI=1S/C15H19F4NO2S/c1-15(2,3)23(21)20-12(7-8-13(16)17)10-5-4-6-11(9-10)22-14(18)19/h4-6,9,13-14H,7-8H2,1-3H3/b20-12+/t23-/m1/s1. The summed E-state index contributed by atoms with van der Waals surface area (Å²) in [6.07, 6.45) is -3.11. The molecule has 130 valence electrons. The Labute approximate surface area is 135 Å². The minimum atomic E-state index is -2.99. The van der Waals surface area contributed by atoms with E-state index in [9.17, 15) is 21.8 Å². The zero-order valence-corrected chi connectivity index (χ0v) is 13.9. The molecular formula is C15H19F4NO2S. The van der Waals surface area contributed by atoms with Crippen molar-refractivity contribution in [2.75, 3.05) is 0 Å². The van der Waals surface area contributed by atoms with Gasteiger partial charge < -0.3 is 4.74 Å². The Morgan fingerprint density at radius 3 is 2.43 bits per heavy atom. The molecule has 1 aromatic rings. The van der Waals surface area contributed by atoms with E-state index in [4.69, 9.17) is 0 Å². The van der Waals surface area contributed by atoms with Crippen molar-refractivity contribution in [2.24, 2.45) is 4.40 Å². The van der Waals surface area contributed by atoms with Crippen LogP contribution in [-0.4, -0.2) is 27.7 Å². The van der Waals surface area contributed by atoms with Crippen LogP contribution in [0.15, 0.2) is 28.7 Å². The molecule has 0 aliphatic rings. The van der Waals surface area contributed by atoms with Gasteiger partial charge in [-0.3, -0.25) is 0 Å². The van der Waals surface area contributed by atoms with Crippen LogP contribution in [0.4, 0.5) is 17.6 Å². The van der Waals surface area contributed by atoms with Gasteiger partial charge in [0.25, 0.3) is 0 Å². The second-order valence-corrected chi connectivity index (χ2v) is 7.64. The molecule has 0 saturated carbocycles. The predicted molar refractivity (Wildman–Crippen MR) is 82.7 cm³/mol. The van der Waals surface area contributed by atoms with Crippen molar-refractivity contribution in [3.05, 3.63) is 29.8 Å².